The van der Waals surface area contributed by atoms with E-state index in [0.717, 1.165) is 55.9 Å². The number of piperidine rings is 1. The Bertz CT molecular complexity index is 1260. The van der Waals surface area contributed by atoms with Gasteiger partial charge in [0.15, 0.2) is 5.65 Å². The van der Waals surface area contributed by atoms with Crippen molar-refractivity contribution >= 4 is 28.7 Å². The first-order chi connectivity index (χ1) is 17.6. The second-order valence-corrected chi connectivity index (χ2v) is 10.1. The summed E-state index contributed by atoms with van der Waals surface area (Å²) in [5.74, 6) is 0.926. The summed E-state index contributed by atoms with van der Waals surface area (Å²) in [5, 5.41) is 0. The molecule has 3 fully saturated rings. The number of carbonyl (C=O) groups is 2. The number of likely N-dealkylation sites (tertiary alicyclic amines) is 1. The molecular weight excluding hydrogens is 461 g/mol. The lowest BCUT2D eigenvalue weighted by Gasteiger charge is -2.33. The number of ether oxygens (including phenoxy) is 1. The first-order valence-corrected chi connectivity index (χ1v) is 12.8. The fourth-order valence-corrected chi connectivity index (χ4v) is 5.85. The number of amides is 2. The predicted molar refractivity (Wildman–Crippen MR) is 132 cm³/mol. The summed E-state index contributed by atoms with van der Waals surface area (Å²) in [6, 6.07) is 7.91. The molecule has 0 radical (unpaired) electrons. The first-order valence-electron chi connectivity index (χ1n) is 12.8. The van der Waals surface area contributed by atoms with Crippen molar-refractivity contribution in [2.45, 2.75) is 43.9 Å². The van der Waals surface area contributed by atoms with Gasteiger partial charge in [0.05, 0.1) is 5.92 Å². The Kier molecular flexibility index (Phi) is 6.17. The normalized spacial score (nSPS) is 22.0. The minimum atomic E-state index is -0.361. The Labute approximate surface area is 208 Å². The van der Waals surface area contributed by atoms with Crippen molar-refractivity contribution in [1.29, 1.82) is 0 Å². The number of carbonyl (C=O) groups excluding carboxylic acids is 2. The quantitative estimate of drug-likeness (QED) is 0.600. The number of hydrogen-bond donors (Lipinski definition) is 1. The molecule has 1 unspecified atom stereocenters. The van der Waals surface area contributed by atoms with Crippen molar-refractivity contribution in [1.82, 2.24) is 19.9 Å². The number of imidazole rings is 1. The van der Waals surface area contributed by atoms with Crippen LogP contribution in [0.4, 0.5) is 10.1 Å². The highest BCUT2D eigenvalue weighted by atomic mass is 19.1. The number of hydrogen-bond acceptors (Lipinski definition) is 5. The number of H-pyrrole nitrogens is 1. The summed E-state index contributed by atoms with van der Waals surface area (Å²) in [7, 11) is 0. The van der Waals surface area contributed by atoms with Crippen LogP contribution in [0.25, 0.3) is 11.2 Å². The number of fused-ring (bicyclic) bond motifs is 1. The number of anilines is 1. The Morgan fingerprint density at radius 3 is 2.53 bits per heavy atom. The van der Waals surface area contributed by atoms with Crippen LogP contribution in [0, 0.1) is 11.7 Å². The smallest absolute Gasteiger partial charge is 0.228 e. The van der Waals surface area contributed by atoms with Crippen LogP contribution in [0.2, 0.25) is 0 Å². The number of aromatic nitrogens is 3. The number of pyridine rings is 1. The van der Waals surface area contributed by atoms with Gasteiger partial charge in [-0.05, 0) is 67.5 Å². The molecule has 3 aliphatic rings. The Morgan fingerprint density at radius 2 is 1.78 bits per heavy atom. The molecule has 2 aromatic heterocycles. The standard InChI is InChI=1S/C27H30FN5O3/c28-20-1-3-21(4-2-20)33-16-19(15-23(33)34)27(35)32-11-6-17(7-12-32)22-5-10-29-26-24(22)30-25(31-26)18-8-13-36-14-9-18/h1-5,10,17-19H,6-9,11-16H2,(H,29,30,31). The number of aromatic amines is 1. The second kappa shape index (κ2) is 9.61. The molecular formula is C27H30FN5O3. The van der Waals surface area contributed by atoms with Crippen LogP contribution in [0.1, 0.15) is 55.3 Å². The molecule has 3 saturated heterocycles. The van der Waals surface area contributed by atoms with E-state index in [9.17, 15) is 14.0 Å². The van der Waals surface area contributed by atoms with Crippen LogP contribution < -0.4 is 4.90 Å². The highest BCUT2D eigenvalue weighted by Crippen LogP contribution is 2.35. The first kappa shape index (κ1) is 23.1. The van der Waals surface area contributed by atoms with Gasteiger partial charge >= 0.3 is 0 Å². The largest absolute Gasteiger partial charge is 0.381 e. The summed E-state index contributed by atoms with van der Waals surface area (Å²) >= 11 is 0. The van der Waals surface area contributed by atoms with Crippen LogP contribution in [0.3, 0.4) is 0 Å². The molecule has 0 bridgehead atoms. The maximum absolute atomic E-state index is 13.3. The van der Waals surface area contributed by atoms with Crippen molar-refractivity contribution in [2.75, 3.05) is 37.7 Å². The van der Waals surface area contributed by atoms with Crippen molar-refractivity contribution in [3.63, 3.8) is 0 Å². The van der Waals surface area contributed by atoms with Gasteiger partial charge in [0.25, 0.3) is 0 Å². The number of rotatable bonds is 4. The van der Waals surface area contributed by atoms with E-state index in [0.29, 0.717) is 37.2 Å². The van der Waals surface area contributed by atoms with Gasteiger partial charge in [0.1, 0.15) is 17.2 Å². The van der Waals surface area contributed by atoms with E-state index >= 15 is 0 Å². The van der Waals surface area contributed by atoms with Gasteiger partial charge in [-0.1, -0.05) is 0 Å². The highest BCUT2D eigenvalue weighted by molar-refractivity contribution is 6.00. The molecule has 0 spiro atoms. The molecule has 2 amide bonds. The van der Waals surface area contributed by atoms with Gasteiger partial charge in [0.2, 0.25) is 11.8 Å². The van der Waals surface area contributed by atoms with Crippen molar-refractivity contribution < 1.29 is 18.7 Å². The van der Waals surface area contributed by atoms with Gasteiger partial charge < -0.3 is 19.5 Å². The van der Waals surface area contributed by atoms with Gasteiger partial charge in [-0.3, -0.25) is 9.59 Å². The lowest BCUT2D eigenvalue weighted by atomic mass is 9.88. The molecule has 3 aliphatic heterocycles. The molecule has 9 heteroatoms. The average molecular weight is 492 g/mol. The summed E-state index contributed by atoms with van der Waals surface area (Å²) in [6.07, 6.45) is 5.69. The van der Waals surface area contributed by atoms with E-state index in [1.165, 1.54) is 17.7 Å². The molecule has 6 rings (SSSR count). The highest BCUT2D eigenvalue weighted by Gasteiger charge is 2.38. The van der Waals surface area contributed by atoms with Crippen LogP contribution in [0.5, 0.6) is 0 Å². The van der Waals surface area contributed by atoms with Crippen LogP contribution in [0.15, 0.2) is 36.5 Å². The number of nitrogens with zero attached hydrogens (tertiary/aromatic N) is 4. The molecule has 3 aromatic rings. The van der Waals surface area contributed by atoms with Crippen molar-refractivity contribution in [2.24, 2.45) is 5.92 Å². The zero-order valence-electron chi connectivity index (χ0n) is 20.2. The molecule has 5 heterocycles. The molecule has 1 N–H and O–H groups in total. The zero-order chi connectivity index (χ0) is 24.6. The third-order valence-corrected chi connectivity index (χ3v) is 7.90. The Balaban J connectivity index is 1.11. The fourth-order valence-electron chi connectivity index (χ4n) is 5.85. The summed E-state index contributed by atoms with van der Waals surface area (Å²) < 4.78 is 18.8. The minimum Gasteiger partial charge on any atom is -0.381 e. The lowest BCUT2D eigenvalue weighted by molar-refractivity contribution is -0.136. The molecule has 8 nitrogen and oxygen atoms in total. The molecule has 1 atom stereocenters. The third-order valence-electron chi connectivity index (χ3n) is 7.90. The Morgan fingerprint density at radius 1 is 1.03 bits per heavy atom. The topological polar surface area (TPSA) is 91.4 Å². The van der Waals surface area contributed by atoms with Gasteiger partial charge in [-0.2, -0.15) is 0 Å². The van der Waals surface area contributed by atoms with E-state index in [2.05, 4.69) is 16.0 Å². The SMILES string of the molecule is O=C(C1CC(=O)N(c2ccc(F)cc2)C1)N1CCC(c2ccnc3[nH]c(C4CCOCC4)nc23)CC1. The fraction of sp³-hybridized carbons (Fsp3) is 0.481. The minimum absolute atomic E-state index is 0.0351. The van der Waals surface area contributed by atoms with E-state index in [1.807, 2.05) is 11.1 Å². The van der Waals surface area contributed by atoms with Gasteiger partial charge in [-0.25, -0.2) is 14.4 Å². The maximum Gasteiger partial charge on any atom is 0.228 e. The Hall–Kier alpha value is -3.33. The molecule has 1 aromatic carbocycles. The maximum atomic E-state index is 13.3. The van der Waals surface area contributed by atoms with Gasteiger partial charge in [0, 0.05) is 57.1 Å². The molecule has 36 heavy (non-hydrogen) atoms. The summed E-state index contributed by atoms with van der Waals surface area (Å²) in [4.78, 5) is 42.2. The van der Waals surface area contributed by atoms with Crippen LogP contribution in [-0.4, -0.2) is 64.5 Å². The van der Waals surface area contributed by atoms with E-state index in [4.69, 9.17) is 9.72 Å². The zero-order valence-corrected chi connectivity index (χ0v) is 20.2. The second-order valence-electron chi connectivity index (χ2n) is 10.1. The molecule has 188 valence electrons. The summed E-state index contributed by atoms with van der Waals surface area (Å²) in [5.41, 5.74) is 3.61. The number of halogens is 1. The number of nitrogens with one attached hydrogen (secondary N) is 1. The molecule has 0 saturated carbocycles. The monoisotopic (exact) mass is 491 g/mol. The van der Waals surface area contributed by atoms with E-state index in [-0.39, 0.29) is 30.0 Å². The lowest BCUT2D eigenvalue weighted by Crippen LogP contribution is -2.42. The number of benzene rings is 1. The molecule has 0 aliphatic carbocycles. The van der Waals surface area contributed by atoms with Crippen LogP contribution >= 0.6 is 0 Å². The average Bonchev–Trinajstić information content (AvgIpc) is 3.53. The summed E-state index contributed by atoms with van der Waals surface area (Å²) in [6.45, 7) is 3.19. The van der Waals surface area contributed by atoms with Crippen molar-refractivity contribution in [3.8, 4) is 0 Å². The van der Waals surface area contributed by atoms with E-state index in [1.54, 1.807) is 17.0 Å². The predicted octanol–water partition coefficient (Wildman–Crippen LogP) is 3.75. The van der Waals surface area contributed by atoms with Gasteiger partial charge in [-0.15, -0.1) is 0 Å². The van der Waals surface area contributed by atoms with E-state index < -0.39 is 0 Å². The van der Waals surface area contributed by atoms with Crippen molar-refractivity contribution in [3.05, 3.63) is 53.7 Å². The third kappa shape index (κ3) is 4.36. The van der Waals surface area contributed by atoms with Crippen LogP contribution in [-0.2, 0) is 14.3 Å².